The summed E-state index contributed by atoms with van der Waals surface area (Å²) >= 11 is 7.52. The summed E-state index contributed by atoms with van der Waals surface area (Å²) in [6, 6.07) is 14.3. The van der Waals surface area contributed by atoms with Crippen molar-refractivity contribution in [3.05, 3.63) is 59.1 Å². The number of amidine groups is 1. The summed E-state index contributed by atoms with van der Waals surface area (Å²) in [5.74, 6) is 0.560. The van der Waals surface area contributed by atoms with E-state index in [9.17, 15) is 13.2 Å². The zero-order valence-electron chi connectivity index (χ0n) is 16.3. The van der Waals surface area contributed by atoms with Crippen molar-refractivity contribution in [1.29, 1.82) is 0 Å². The van der Waals surface area contributed by atoms with E-state index in [-0.39, 0.29) is 35.1 Å². The third kappa shape index (κ3) is 4.50. The number of thioether (sulfide) groups is 1. The first-order chi connectivity index (χ1) is 14.4. The van der Waals surface area contributed by atoms with Gasteiger partial charge < -0.3 is 9.64 Å². The van der Waals surface area contributed by atoms with E-state index in [1.807, 2.05) is 48.2 Å². The van der Waals surface area contributed by atoms with Crippen LogP contribution in [-0.4, -0.2) is 48.9 Å². The maximum atomic E-state index is 12.7. The first-order valence-corrected chi connectivity index (χ1v) is 12.7. The second kappa shape index (κ2) is 8.61. The van der Waals surface area contributed by atoms with E-state index in [1.165, 1.54) is 11.8 Å². The summed E-state index contributed by atoms with van der Waals surface area (Å²) in [5, 5.41) is 0.908. The molecule has 0 aliphatic carbocycles. The largest absolute Gasteiger partial charge is 0.494 e. The Labute approximate surface area is 185 Å². The van der Waals surface area contributed by atoms with Crippen LogP contribution in [0.2, 0.25) is 5.02 Å². The quantitative estimate of drug-likeness (QED) is 0.673. The normalized spacial score (nSPS) is 23.5. The van der Waals surface area contributed by atoms with E-state index in [2.05, 4.69) is 4.99 Å². The fourth-order valence-electron chi connectivity index (χ4n) is 3.69. The van der Waals surface area contributed by atoms with Gasteiger partial charge in [-0.25, -0.2) is 8.42 Å². The standard InChI is InChI=1S/C21H21ClN2O4S2/c1-2-28-16-9-7-15(8-10-16)24-18-12-30(26,27)13-19(18)29-21(24)23-20(25)11-14-5-3-4-6-17(14)22/h3-10,18-19H,2,11-13H2,1H3/t18-,19-/m1/s1. The number of fused-ring (bicyclic) bond motifs is 1. The highest BCUT2D eigenvalue weighted by Crippen LogP contribution is 2.41. The number of halogens is 1. The van der Waals surface area contributed by atoms with Crippen molar-refractivity contribution >= 4 is 50.0 Å². The first-order valence-electron chi connectivity index (χ1n) is 9.60. The van der Waals surface area contributed by atoms with E-state index < -0.39 is 9.84 Å². The Morgan fingerprint density at radius 3 is 2.63 bits per heavy atom. The van der Waals surface area contributed by atoms with Gasteiger partial charge in [0.25, 0.3) is 5.91 Å². The Morgan fingerprint density at radius 2 is 1.93 bits per heavy atom. The second-order valence-corrected chi connectivity index (χ2v) is 10.9. The van der Waals surface area contributed by atoms with Gasteiger partial charge in [0.05, 0.1) is 30.6 Å². The van der Waals surface area contributed by atoms with Crippen LogP contribution in [0, 0.1) is 0 Å². The molecule has 2 atom stereocenters. The van der Waals surface area contributed by atoms with Crippen molar-refractivity contribution in [2.45, 2.75) is 24.6 Å². The maximum absolute atomic E-state index is 12.7. The lowest BCUT2D eigenvalue weighted by Gasteiger charge is -2.24. The number of ether oxygens (including phenoxy) is 1. The number of carbonyl (C=O) groups is 1. The van der Waals surface area contributed by atoms with E-state index in [1.54, 1.807) is 12.1 Å². The van der Waals surface area contributed by atoms with Crippen LogP contribution < -0.4 is 9.64 Å². The molecule has 2 aromatic rings. The molecule has 4 rings (SSSR count). The Morgan fingerprint density at radius 1 is 1.20 bits per heavy atom. The number of benzene rings is 2. The van der Waals surface area contributed by atoms with Gasteiger partial charge in [-0.2, -0.15) is 4.99 Å². The lowest BCUT2D eigenvalue weighted by Crippen LogP contribution is -2.37. The molecular formula is C21H21ClN2O4S2. The summed E-state index contributed by atoms with van der Waals surface area (Å²) in [4.78, 5) is 18.9. The molecule has 0 saturated carbocycles. The van der Waals surface area contributed by atoms with Gasteiger partial charge in [-0.1, -0.05) is 41.6 Å². The molecule has 2 heterocycles. The van der Waals surface area contributed by atoms with E-state index in [0.717, 1.165) is 11.4 Å². The van der Waals surface area contributed by atoms with Crippen LogP contribution in [0.1, 0.15) is 12.5 Å². The van der Waals surface area contributed by atoms with Crippen molar-refractivity contribution in [2.24, 2.45) is 4.99 Å². The van der Waals surface area contributed by atoms with Crippen molar-refractivity contribution in [2.75, 3.05) is 23.0 Å². The number of hydrogen-bond acceptors (Lipinski definition) is 5. The number of rotatable bonds is 5. The van der Waals surface area contributed by atoms with Crippen LogP contribution in [0.3, 0.4) is 0 Å². The third-order valence-electron chi connectivity index (χ3n) is 5.01. The molecule has 2 saturated heterocycles. The highest BCUT2D eigenvalue weighted by molar-refractivity contribution is 8.16. The molecular weight excluding hydrogens is 444 g/mol. The number of nitrogens with zero attached hydrogens (tertiary/aromatic N) is 2. The number of sulfone groups is 1. The molecule has 2 aliphatic heterocycles. The van der Waals surface area contributed by atoms with Crippen LogP contribution in [0.15, 0.2) is 53.5 Å². The second-order valence-electron chi connectivity index (χ2n) is 7.15. The maximum Gasteiger partial charge on any atom is 0.252 e. The topological polar surface area (TPSA) is 76.0 Å². The zero-order valence-corrected chi connectivity index (χ0v) is 18.7. The van der Waals surface area contributed by atoms with Crippen LogP contribution >= 0.6 is 23.4 Å². The van der Waals surface area contributed by atoms with Gasteiger partial charge in [0.2, 0.25) is 0 Å². The van der Waals surface area contributed by atoms with Gasteiger partial charge in [0.1, 0.15) is 5.75 Å². The van der Waals surface area contributed by atoms with Crippen LogP contribution in [0.4, 0.5) is 5.69 Å². The molecule has 2 fully saturated rings. The Hall–Kier alpha value is -2.03. The first kappa shape index (κ1) is 21.2. The minimum atomic E-state index is -3.11. The van der Waals surface area contributed by atoms with Gasteiger partial charge in [0, 0.05) is 16.0 Å². The predicted octanol–water partition coefficient (Wildman–Crippen LogP) is 3.58. The molecule has 0 aromatic heterocycles. The molecule has 158 valence electrons. The molecule has 0 bridgehead atoms. The molecule has 30 heavy (non-hydrogen) atoms. The number of amides is 1. The number of carbonyl (C=O) groups excluding carboxylic acids is 1. The van der Waals surface area contributed by atoms with Gasteiger partial charge in [-0.3, -0.25) is 4.79 Å². The Kier molecular flexibility index (Phi) is 6.09. The summed E-state index contributed by atoms with van der Waals surface area (Å²) in [6.07, 6.45) is 0.0917. The average molecular weight is 465 g/mol. The van der Waals surface area contributed by atoms with E-state index >= 15 is 0 Å². The van der Waals surface area contributed by atoms with Crippen LogP contribution in [0.25, 0.3) is 0 Å². The number of aliphatic imine (C=N–C) groups is 1. The number of hydrogen-bond donors (Lipinski definition) is 0. The molecule has 0 radical (unpaired) electrons. The number of anilines is 1. The summed E-state index contributed by atoms with van der Waals surface area (Å²) in [5.41, 5.74) is 1.51. The summed E-state index contributed by atoms with van der Waals surface area (Å²) < 4.78 is 29.9. The minimum absolute atomic E-state index is 0.0512. The van der Waals surface area contributed by atoms with Crippen molar-refractivity contribution in [3.8, 4) is 5.75 Å². The Bertz CT molecular complexity index is 1090. The van der Waals surface area contributed by atoms with Gasteiger partial charge >= 0.3 is 0 Å². The van der Waals surface area contributed by atoms with Crippen molar-refractivity contribution in [1.82, 2.24) is 0 Å². The van der Waals surface area contributed by atoms with Crippen molar-refractivity contribution < 1.29 is 17.9 Å². The monoisotopic (exact) mass is 464 g/mol. The molecule has 0 spiro atoms. The van der Waals surface area contributed by atoms with Gasteiger partial charge in [-0.05, 0) is 42.8 Å². The molecule has 0 N–H and O–H groups in total. The lowest BCUT2D eigenvalue weighted by atomic mass is 10.1. The lowest BCUT2D eigenvalue weighted by molar-refractivity contribution is -0.117. The summed E-state index contributed by atoms with van der Waals surface area (Å²) in [6.45, 7) is 2.47. The molecule has 1 amide bonds. The van der Waals surface area contributed by atoms with E-state index in [4.69, 9.17) is 16.3 Å². The Balaban J connectivity index is 1.63. The molecule has 2 aromatic carbocycles. The van der Waals surface area contributed by atoms with E-state index in [0.29, 0.717) is 22.4 Å². The smallest absolute Gasteiger partial charge is 0.252 e. The van der Waals surface area contributed by atoms with Crippen LogP contribution in [0.5, 0.6) is 5.75 Å². The fraction of sp³-hybridized carbons (Fsp3) is 0.333. The summed E-state index contributed by atoms with van der Waals surface area (Å²) in [7, 11) is -3.11. The minimum Gasteiger partial charge on any atom is -0.494 e. The third-order valence-corrected chi connectivity index (χ3v) is 8.59. The average Bonchev–Trinajstić information content (AvgIpc) is 3.15. The predicted molar refractivity (Wildman–Crippen MR) is 122 cm³/mol. The fourth-order valence-corrected chi connectivity index (χ4v) is 7.82. The molecule has 0 unspecified atom stereocenters. The zero-order chi connectivity index (χ0) is 21.3. The molecule has 2 aliphatic rings. The van der Waals surface area contributed by atoms with Gasteiger partial charge in [0.15, 0.2) is 15.0 Å². The molecule has 6 nitrogen and oxygen atoms in total. The highest BCUT2D eigenvalue weighted by Gasteiger charge is 2.49. The molecule has 9 heteroatoms. The highest BCUT2D eigenvalue weighted by atomic mass is 35.5. The van der Waals surface area contributed by atoms with Crippen LogP contribution in [-0.2, 0) is 21.1 Å². The van der Waals surface area contributed by atoms with Gasteiger partial charge in [-0.15, -0.1) is 0 Å². The SMILES string of the molecule is CCOc1ccc(N2C(=NC(=O)Cc3ccccc3Cl)S[C@@H]3CS(=O)(=O)C[C@H]32)cc1. The van der Waals surface area contributed by atoms with Crippen molar-refractivity contribution in [3.63, 3.8) is 0 Å².